The van der Waals surface area contributed by atoms with Crippen LogP contribution in [-0.4, -0.2) is 216 Å². The van der Waals surface area contributed by atoms with Gasteiger partial charge in [0.1, 0.15) is 40.3 Å². The molecular weight excluding hydrogens is 1670 g/mol. The number of hydrogen-bond donors (Lipinski definition) is 14. The summed E-state index contributed by atoms with van der Waals surface area (Å²) in [5.74, 6) is 4.14. The molecule has 4 atom stereocenters. The highest BCUT2D eigenvalue weighted by Gasteiger charge is 2.31. The molecular formula is C96H171N21O14. The molecule has 744 valence electrons. The fourth-order valence-corrected chi connectivity index (χ4v) is 12.7. The number of carbonyl (C=O) groups is 7. The van der Waals surface area contributed by atoms with Gasteiger partial charge in [-0.1, -0.05) is 209 Å². The molecule has 0 aliphatic heterocycles. The predicted molar refractivity (Wildman–Crippen MR) is 517 cm³/mol. The maximum Gasteiger partial charge on any atom is 0.273 e. The highest BCUT2D eigenvalue weighted by molar-refractivity contribution is 5.96. The first kappa shape index (κ1) is 119. The maximum absolute atomic E-state index is 12.2. The van der Waals surface area contributed by atoms with Crippen molar-refractivity contribution in [2.24, 2.45) is 37.9 Å². The Morgan fingerprint density at radius 2 is 0.458 bits per heavy atom. The molecule has 35 heteroatoms. The lowest BCUT2D eigenvalue weighted by Crippen LogP contribution is -2.42. The highest BCUT2D eigenvalue weighted by Crippen LogP contribution is 2.25. The second kappa shape index (κ2) is 61.3. The SMILES string of the molecule is CCNCC(C)(C)CNC(=O)c1cc(CC)on1.CCNCC(C)(C)CNC(=O)c1noc(CC)c1C.CCNCC(C)(CC)CNC(=O)c1cc(CC)on1.CCNCC(C)(CC)CNC(=O)c1noc(CC)c1C.CCc1cc(C(=O)NCC(C)(CC)CNC)no1.CCc1onc(C(=O)NCC(C)(C)CNC)c1C.CCc1onc(C(=O)NCC(C)(CC)CNC)c1C. The van der Waals surface area contributed by atoms with Crippen molar-refractivity contribution >= 4 is 41.4 Å². The van der Waals surface area contributed by atoms with Gasteiger partial charge in [-0.3, -0.25) is 33.6 Å². The quantitative estimate of drug-likeness (QED) is 0.0168. The van der Waals surface area contributed by atoms with E-state index in [0.717, 1.165) is 205 Å². The first-order valence-corrected chi connectivity index (χ1v) is 47.2. The Labute approximate surface area is 782 Å². The smallest absolute Gasteiger partial charge is 0.273 e. The normalized spacial score (nSPS) is 13.1. The van der Waals surface area contributed by atoms with Crippen molar-refractivity contribution in [2.75, 3.05) is 139 Å². The average molecular weight is 1840 g/mol. The molecule has 0 saturated heterocycles. The largest absolute Gasteiger partial charge is 0.361 e. The van der Waals surface area contributed by atoms with Gasteiger partial charge in [-0.25, -0.2) is 0 Å². The van der Waals surface area contributed by atoms with Crippen LogP contribution >= 0.6 is 0 Å². The molecule has 0 saturated carbocycles. The molecule has 0 radical (unpaired) electrons. The molecule has 131 heavy (non-hydrogen) atoms. The monoisotopic (exact) mass is 1840 g/mol. The second-order valence-corrected chi connectivity index (χ2v) is 37.0. The van der Waals surface area contributed by atoms with Crippen molar-refractivity contribution in [3.63, 3.8) is 0 Å². The minimum Gasteiger partial charge on any atom is -0.361 e. The third kappa shape index (κ3) is 43.4. The summed E-state index contributed by atoms with van der Waals surface area (Å²) in [5, 5.41) is 69.8. The molecule has 7 aromatic heterocycles. The molecule has 14 N–H and O–H groups in total. The van der Waals surface area contributed by atoms with Crippen LogP contribution in [0, 0.1) is 65.6 Å². The van der Waals surface area contributed by atoms with Crippen LogP contribution in [0.3, 0.4) is 0 Å². The Morgan fingerprint density at radius 1 is 0.252 bits per heavy atom. The van der Waals surface area contributed by atoms with Crippen LogP contribution in [0.1, 0.15) is 335 Å². The summed E-state index contributed by atoms with van der Waals surface area (Å²) in [7, 11) is 5.74. The van der Waals surface area contributed by atoms with Gasteiger partial charge in [0.2, 0.25) is 0 Å². The molecule has 4 unspecified atom stereocenters. The van der Waals surface area contributed by atoms with Crippen molar-refractivity contribution in [3.8, 4) is 0 Å². The number of rotatable bonds is 50. The molecule has 0 aliphatic rings. The van der Waals surface area contributed by atoms with E-state index in [0.29, 0.717) is 85.7 Å². The fraction of sp³-hybridized carbons (Fsp3) is 0.708. The van der Waals surface area contributed by atoms with Crippen LogP contribution in [0.15, 0.2) is 49.9 Å². The molecule has 0 spiro atoms. The summed E-state index contributed by atoms with van der Waals surface area (Å²) < 4.78 is 35.6. The van der Waals surface area contributed by atoms with Gasteiger partial charge >= 0.3 is 0 Å². The van der Waals surface area contributed by atoms with Crippen LogP contribution < -0.4 is 74.4 Å². The number of nitrogens with zero attached hydrogens (tertiary/aromatic N) is 7. The maximum atomic E-state index is 12.2. The standard InChI is InChI=1S/C15H27N3O2.3C14H25N3O2.3C13H23N3O2/c1-6-12-11(4)13(18-20-12)14(19)17-10-15(5,7-2)9-16-8-3;1-6-11-10(3)12(17-19-11)13(18)16-9-14(4,7-2)8-15-5;1-6-11-10(3)12(17-19-11)13(18)16-9-14(4,5)8-15-7-2;1-5-11-8-12(17-19-11)13(18)16-10-14(4,6-2)9-15-7-3;1-6-10-9(2)11(16-18-10)12(17)15-8-13(3,4)7-14-5;1-5-10-7-11(16-18-10)12(17)15-9-13(3,6-2)8-14-4;1-5-10-7-11(16-18-10)12(17)15-9-13(3,4)8-14-6-2/h16H,6-10H2,1-5H3,(H,17,19);2*15H,6-9H2,1-5H3,(H,16,18);8,15H,5-7,9-10H2,1-4H3,(H,16,18);14H,6-8H2,1-5H3,(H,15,17);2*7,14H,5-6,8-9H2,1-4H3,(H,15,17). The Morgan fingerprint density at radius 3 is 0.656 bits per heavy atom. The highest BCUT2D eigenvalue weighted by atomic mass is 16.5. The molecule has 7 heterocycles. The van der Waals surface area contributed by atoms with Gasteiger partial charge in [0.25, 0.3) is 41.4 Å². The molecule has 35 nitrogen and oxygen atoms in total. The van der Waals surface area contributed by atoms with Crippen LogP contribution in [-0.2, 0) is 44.9 Å². The van der Waals surface area contributed by atoms with Crippen molar-refractivity contribution in [1.82, 2.24) is 111 Å². The van der Waals surface area contributed by atoms with Crippen LogP contribution in [0.25, 0.3) is 0 Å². The van der Waals surface area contributed by atoms with E-state index in [9.17, 15) is 33.6 Å². The molecule has 7 aromatic rings. The van der Waals surface area contributed by atoms with E-state index < -0.39 is 0 Å². The van der Waals surface area contributed by atoms with E-state index in [-0.39, 0.29) is 79.3 Å². The molecule has 0 fully saturated rings. The zero-order valence-electron chi connectivity index (χ0n) is 86.1. The van der Waals surface area contributed by atoms with Gasteiger partial charge in [-0.05, 0) is 139 Å². The van der Waals surface area contributed by atoms with Gasteiger partial charge in [-0.2, -0.15) is 0 Å². The number of aromatic nitrogens is 7. The minimum absolute atomic E-state index is 0.00956. The Hall–Kier alpha value is -9.52. The summed E-state index contributed by atoms with van der Waals surface area (Å²) in [4.78, 5) is 84.0. The van der Waals surface area contributed by atoms with Gasteiger partial charge in [0, 0.05) is 177 Å². The molecule has 7 rings (SSSR count). The predicted octanol–water partition coefficient (Wildman–Crippen LogP) is 12.8. The topological polar surface area (TPSA) is 470 Å². The van der Waals surface area contributed by atoms with Crippen molar-refractivity contribution in [2.45, 2.75) is 271 Å². The van der Waals surface area contributed by atoms with Crippen LogP contribution in [0.2, 0.25) is 0 Å². The third-order valence-electron chi connectivity index (χ3n) is 23.1. The van der Waals surface area contributed by atoms with Gasteiger partial charge in [0.05, 0.1) is 0 Å². The van der Waals surface area contributed by atoms with Gasteiger partial charge in [0.15, 0.2) is 39.9 Å². The van der Waals surface area contributed by atoms with Crippen molar-refractivity contribution in [3.05, 3.63) is 121 Å². The summed E-state index contributed by atoms with van der Waals surface area (Å²) in [6.45, 7) is 73.5. The lowest BCUT2D eigenvalue weighted by molar-refractivity contribution is 0.0914. The van der Waals surface area contributed by atoms with E-state index in [1.807, 2.05) is 97.3 Å². The summed E-state index contributed by atoms with van der Waals surface area (Å²) in [5.41, 5.74) is 6.28. The zero-order chi connectivity index (χ0) is 99.4. The molecule has 0 aromatic carbocycles. The second-order valence-electron chi connectivity index (χ2n) is 37.0. The Kier molecular flexibility index (Phi) is 55.9. The van der Waals surface area contributed by atoms with Crippen molar-refractivity contribution in [1.29, 1.82) is 0 Å². The lowest BCUT2D eigenvalue weighted by Gasteiger charge is -2.28. The molecule has 7 amide bonds. The van der Waals surface area contributed by atoms with E-state index in [1.54, 1.807) is 18.2 Å². The number of aryl methyl sites for hydroxylation is 7. The Balaban J connectivity index is 0.000000764. The number of hydrogen-bond acceptors (Lipinski definition) is 28. The van der Waals surface area contributed by atoms with Gasteiger partial charge < -0.3 is 106 Å². The Bertz CT molecular complexity index is 4410. The average Bonchev–Trinajstić information content (AvgIpc) is 1.71. The van der Waals surface area contributed by atoms with E-state index in [2.05, 4.69) is 235 Å². The van der Waals surface area contributed by atoms with E-state index in [4.69, 9.17) is 31.7 Å². The fourth-order valence-electron chi connectivity index (χ4n) is 12.7. The first-order valence-electron chi connectivity index (χ1n) is 47.2. The molecule has 0 aliphatic carbocycles. The summed E-state index contributed by atoms with van der Waals surface area (Å²) in [6.07, 6.45) is 9.20. The van der Waals surface area contributed by atoms with E-state index >= 15 is 0 Å². The first-order chi connectivity index (χ1) is 61.8. The van der Waals surface area contributed by atoms with Crippen molar-refractivity contribution < 1.29 is 65.2 Å². The third-order valence-corrected chi connectivity index (χ3v) is 23.1. The minimum atomic E-state index is -0.178. The lowest BCUT2D eigenvalue weighted by atomic mass is 9.87. The number of amides is 7. The summed E-state index contributed by atoms with van der Waals surface area (Å²) in [6, 6.07) is 5.08. The number of carbonyl (C=O) groups excluding carboxylic acids is 7. The number of nitrogens with one attached hydrogen (secondary N) is 14. The molecule has 0 bridgehead atoms. The van der Waals surface area contributed by atoms with Crippen LogP contribution in [0.4, 0.5) is 0 Å². The summed E-state index contributed by atoms with van der Waals surface area (Å²) >= 11 is 0. The zero-order valence-corrected chi connectivity index (χ0v) is 86.1. The van der Waals surface area contributed by atoms with E-state index in [1.165, 1.54) is 0 Å². The van der Waals surface area contributed by atoms with Gasteiger partial charge in [-0.15, -0.1) is 0 Å². The van der Waals surface area contributed by atoms with Crippen LogP contribution in [0.5, 0.6) is 0 Å².